The van der Waals surface area contributed by atoms with Gasteiger partial charge in [0.25, 0.3) is 0 Å². The van der Waals surface area contributed by atoms with Crippen LogP contribution in [0.5, 0.6) is 0 Å². The van der Waals surface area contributed by atoms with Crippen LogP contribution in [0.15, 0.2) is 0 Å². The average molecular weight is 485 g/mol. The van der Waals surface area contributed by atoms with Gasteiger partial charge in [-0.25, -0.2) is 0 Å². The van der Waals surface area contributed by atoms with E-state index in [0.29, 0.717) is 25.0 Å². The molecule has 0 radical (unpaired) electrons. The van der Waals surface area contributed by atoms with Gasteiger partial charge in [0.05, 0.1) is 0 Å². The van der Waals surface area contributed by atoms with Crippen LogP contribution in [0, 0.1) is 28.1 Å². The molecule has 5 heteroatoms. The van der Waals surface area contributed by atoms with Gasteiger partial charge in [-0.15, -0.1) is 0 Å². The normalized spacial score (nSPS) is 22.1. The topological polar surface area (TPSA) is 52.6 Å². The summed E-state index contributed by atoms with van der Waals surface area (Å²) >= 11 is -1.82. The Morgan fingerprint density at radius 2 is 1.23 bits per heavy atom. The van der Waals surface area contributed by atoms with E-state index >= 15 is 0 Å². The minimum atomic E-state index is -1.82. The van der Waals surface area contributed by atoms with Gasteiger partial charge in [-0.1, -0.05) is 0 Å². The molecule has 0 aromatic carbocycles. The van der Waals surface area contributed by atoms with Gasteiger partial charge in [0.2, 0.25) is 0 Å². The zero-order chi connectivity index (χ0) is 23.4. The SMILES string of the molecule is C[CH2][Ge]([CH2]C)([CH2]C)[CH2][C@@H]1CC(COC(=O)C(C)(C)C)(COC(=O)C(C)(C)C)C[C@H]1C. The molecule has 1 aliphatic carbocycles. The van der Waals surface area contributed by atoms with E-state index in [0.717, 1.165) is 12.8 Å². The third-order valence-corrected chi connectivity index (χ3v) is 19.8. The summed E-state index contributed by atoms with van der Waals surface area (Å²) in [6.45, 7) is 21.5. The quantitative estimate of drug-likeness (QED) is 0.269. The molecule has 0 N–H and O–H groups in total. The van der Waals surface area contributed by atoms with Crippen LogP contribution in [-0.4, -0.2) is 38.4 Å². The Hall–Kier alpha value is -0.517. The van der Waals surface area contributed by atoms with Crippen LogP contribution in [0.25, 0.3) is 0 Å². The number of carbonyl (C=O) groups excluding carboxylic acids is 2. The van der Waals surface area contributed by atoms with Crippen molar-refractivity contribution in [2.75, 3.05) is 13.2 Å². The molecular formula is C25H48GeO4. The van der Waals surface area contributed by atoms with Crippen molar-refractivity contribution in [2.45, 2.75) is 103 Å². The van der Waals surface area contributed by atoms with Crippen molar-refractivity contribution >= 4 is 25.2 Å². The number of rotatable bonds is 9. The average Bonchev–Trinajstić information content (AvgIpc) is 2.96. The van der Waals surface area contributed by atoms with Crippen LogP contribution in [0.4, 0.5) is 0 Å². The molecule has 0 aromatic heterocycles. The first-order valence-electron chi connectivity index (χ1n) is 12.0. The summed E-state index contributed by atoms with van der Waals surface area (Å²) in [5.41, 5.74) is -1.30. The van der Waals surface area contributed by atoms with Gasteiger partial charge in [0.1, 0.15) is 0 Å². The molecule has 1 fully saturated rings. The Balaban J connectivity index is 3.03. The first-order chi connectivity index (χ1) is 13.6. The predicted molar refractivity (Wildman–Crippen MR) is 127 cm³/mol. The molecule has 176 valence electrons. The van der Waals surface area contributed by atoms with Gasteiger partial charge in [0, 0.05) is 0 Å². The van der Waals surface area contributed by atoms with E-state index in [-0.39, 0.29) is 17.4 Å². The second-order valence-electron chi connectivity index (χ2n) is 12.1. The van der Waals surface area contributed by atoms with Crippen LogP contribution < -0.4 is 0 Å². The van der Waals surface area contributed by atoms with Crippen molar-refractivity contribution in [1.29, 1.82) is 0 Å². The van der Waals surface area contributed by atoms with Crippen molar-refractivity contribution in [2.24, 2.45) is 28.1 Å². The summed E-state index contributed by atoms with van der Waals surface area (Å²) in [6, 6.07) is 0. The molecule has 0 bridgehead atoms. The Kier molecular flexibility index (Phi) is 9.54. The van der Waals surface area contributed by atoms with Crippen molar-refractivity contribution < 1.29 is 19.1 Å². The van der Waals surface area contributed by atoms with Crippen molar-refractivity contribution in [1.82, 2.24) is 0 Å². The predicted octanol–water partition coefficient (Wildman–Crippen LogP) is 6.71. The van der Waals surface area contributed by atoms with Gasteiger partial charge >= 0.3 is 189 Å². The van der Waals surface area contributed by atoms with Gasteiger partial charge in [-0.3, -0.25) is 0 Å². The van der Waals surface area contributed by atoms with Crippen LogP contribution in [-0.2, 0) is 19.1 Å². The first kappa shape index (κ1) is 27.5. The van der Waals surface area contributed by atoms with Gasteiger partial charge in [-0.2, -0.15) is 0 Å². The minimum absolute atomic E-state index is 0.178. The Bertz CT molecular complexity index is 543. The van der Waals surface area contributed by atoms with Crippen LogP contribution in [0.1, 0.15) is 82.1 Å². The molecule has 4 nitrogen and oxygen atoms in total. The summed E-state index contributed by atoms with van der Waals surface area (Å²) < 4.78 is 11.6. The van der Waals surface area contributed by atoms with Gasteiger partial charge in [0.15, 0.2) is 0 Å². The molecule has 0 amide bonds. The summed E-state index contributed by atoms with van der Waals surface area (Å²) in [5.74, 6) is 0.860. The molecule has 0 aromatic rings. The van der Waals surface area contributed by atoms with Crippen molar-refractivity contribution in [3.05, 3.63) is 0 Å². The van der Waals surface area contributed by atoms with Crippen molar-refractivity contribution in [3.63, 3.8) is 0 Å². The summed E-state index contributed by atoms with van der Waals surface area (Å²) in [6.07, 6.45) is 1.96. The summed E-state index contributed by atoms with van der Waals surface area (Å²) in [5, 5.41) is 5.51. The molecule has 0 spiro atoms. The molecule has 30 heavy (non-hydrogen) atoms. The molecule has 1 rings (SSSR count). The Morgan fingerprint density at radius 1 is 0.833 bits per heavy atom. The summed E-state index contributed by atoms with van der Waals surface area (Å²) in [7, 11) is 0. The standard InChI is InChI=1S/C25H48GeO4/c1-11-26(12-2,13-3)16-20-15-25(14-19(20)4,17-29-21(27)23(5,6)7)18-30-22(28)24(8,9)10/h19-20H,11-18H2,1-10H3/t19-,20+/m1/s1. The number of carbonyl (C=O) groups is 2. The fourth-order valence-electron chi connectivity index (χ4n) is 4.85. The maximum atomic E-state index is 12.5. The number of hydrogen-bond acceptors (Lipinski definition) is 4. The van der Waals surface area contributed by atoms with Crippen LogP contribution in [0.3, 0.4) is 0 Å². The molecule has 2 atom stereocenters. The van der Waals surface area contributed by atoms with Crippen LogP contribution in [0.2, 0.25) is 21.0 Å². The maximum absolute atomic E-state index is 12.5. The van der Waals surface area contributed by atoms with E-state index in [1.54, 1.807) is 0 Å². The molecule has 1 aliphatic rings. The van der Waals surface area contributed by atoms with E-state index in [2.05, 4.69) is 27.7 Å². The zero-order valence-electron chi connectivity index (χ0n) is 21.4. The third kappa shape index (κ3) is 7.27. The number of ether oxygens (including phenoxy) is 2. The fraction of sp³-hybridized carbons (Fsp3) is 0.920. The van der Waals surface area contributed by atoms with E-state index < -0.39 is 24.1 Å². The van der Waals surface area contributed by atoms with Gasteiger partial charge < -0.3 is 0 Å². The third-order valence-electron chi connectivity index (χ3n) is 7.44. The molecular weight excluding hydrogens is 437 g/mol. The van der Waals surface area contributed by atoms with Crippen LogP contribution >= 0.6 is 0 Å². The molecule has 0 heterocycles. The van der Waals surface area contributed by atoms with E-state index in [4.69, 9.17) is 9.47 Å². The molecule has 0 unspecified atom stereocenters. The number of hydrogen-bond donors (Lipinski definition) is 0. The Labute approximate surface area is 188 Å². The fourth-order valence-corrected chi connectivity index (χ4v) is 13.3. The second-order valence-corrected chi connectivity index (χ2v) is 23.7. The molecule has 0 saturated heterocycles. The zero-order valence-corrected chi connectivity index (χ0v) is 23.5. The molecule has 0 aliphatic heterocycles. The van der Waals surface area contributed by atoms with Crippen molar-refractivity contribution in [3.8, 4) is 0 Å². The van der Waals surface area contributed by atoms with E-state index in [9.17, 15) is 9.59 Å². The van der Waals surface area contributed by atoms with E-state index in [1.165, 1.54) is 21.0 Å². The monoisotopic (exact) mass is 486 g/mol. The summed E-state index contributed by atoms with van der Waals surface area (Å²) in [4.78, 5) is 24.9. The van der Waals surface area contributed by atoms with E-state index in [1.807, 2.05) is 41.5 Å². The molecule has 1 saturated carbocycles. The van der Waals surface area contributed by atoms with Gasteiger partial charge in [-0.05, 0) is 0 Å². The Morgan fingerprint density at radius 3 is 1.57 bits per heavy atom. The number of esters is 2. The first-order valence-corrected chi connectivity index (χ1v) is 17.9. The second kappa shape index (κ2) is 10.4.